The van der Waals surface area contributed by atoms with Gasteiger partial charge in [-0.05, 0) is 50.8 Å². The number of anilines is 2. The van der Waals surface area contributed by atoms with E-state index < -0.39 is 24.5 Å². The highest BCUT2D eigenvalue weighted by molar-refractivity contribution is 14.2. The molecule has 0 saturated carbocycles. The van der Waals surface area contributed by atoms with Gasteiger partial charge in [-0.15, -0.1) is 0 Å². The Bertz CT molecular complexity index is 1150. The van der Waals surface area contributed by atoms with Crippen LogP contribution in [0, 0.1) is 17.1 Å². The van der Waals surface area contributed by atoms with Crippen LogP contribution in [-0.4, -0.2) is 47.6 Å². The van der Waals surface area contributed by atoms with Crippen molar-refractivity contribution in [3.05, 3.63) is 47.4 Å². The van der Waals surface area contributed by atoms with Gasteiger partial charge in [-0.25, -0.2) is 9.97 Å². The largest absolute Gasteiger partial charge is 0.405 e. The molecule has 0 radical (unpaired) electrons. The van der Waals surface area contributed by atoms with Crippen LogP contribution in [0.25, 0.3) is 0 Å². The molecule has 12 heteroatoms. The van der Waals surface area contributed by atoms with Crippen molar-refractivity contribution in [3.8, 4) is 11.2 Å². The second-order valence-electron chi connectivity index (χ2n) is 7.59. The highest BCUT2D eigenvalue weighted by atomic mass is 127. The lowest BCUT2D eigenvalue weighted by Crippen LogP contribution is -2.37. The minimum Gasteiger partial charge on any atom is -0.370 e. The molecule has 0 aliphatic carbocycles. The van der Waals surface area contributed by atoms with Gasteiger partial charge in [0.15, 0.2) is 0 Å². The van der Waals surface area contributed by atoms with Gasteiger partial charge in [0.1, 0.15) is 18.1 Å². The van der Waals surface area contributed by atoms with E-state index >= 15 is 0 Å². The van der Waals surface area contributed by atoms with Crippen LogP contribution in [-0.2, 0) is 4.79 Å². The number of nitrogens with zero attached hydrogens (tertiary/aromatic N) is 3. The van der Waals surface area contributed by atoms with E-state index in [0.717, 1.165) is 13.0 Å². The van der Waals surface area contributed by atoms with Gasteiger partial charge in [0, 0.05) is 46.1 Å². The molecule has 2 aromatic heterocycles. The average molecular weight is 587 g/mol. The fraction of sp³-hybridized carbons (Fsp3) is 0.333. The Hall–Kier alpha value is -2.53. The zero-order valence-corrected chi connectivity index (χ0v) is 19.9. The summed E-state index contributed by atoms with van der Waals surface area (Å²) >= 11 is 2.06. The Balaban J connectivity index is 1.59. The minimum atomic E-state index is -4.53. The molecule has 0 aromatic carbocycles. The van der Waals surface area contributed by atoms with Crippen molar-refractivity contribution < 1.29 is 22.8 Å². The third kappa shape index (κ3) is 5.52. The number of nitrogens with one attached hydrogen (secondary N) is 2. The summed E-state index contributed by atoms with van der Waals surface area (Å²) in [7, 11) is 1.34. The maximum Gasteiger partial charge on any atom is 0.405 e. The lowest BCUT2D eigenvalue weighted by molar-refractivity contribution is -0.123. The number of hydrogen-bond acceptors (Lipinski definition) is 6. The SMILES string of the molecule is O=C(NCC(F)(F)F)c1ccc2c(n1)C(C(=O)Nc1cc(C#CSI)ccn1)[C@H]1CCN2C1. The van der Waals surface area contributed by atoms with Crippen molar-refractivity contribution in [2.75, 3.05) is 29.9 Å². The molecule has 0 spiro atoms. The number of carbonyl (C=O) groups is 2. The predicted molar refractivity (Wildman–Crippen MR) is 127 cm³/mol. The van der Waals surface area contributed by atoms with Gasteiger partial charge in [-0.2, -0.15) is 13.2 Å². The maximum absolute atomic E-state index is 13.3. The molecule has 2 aliphatic heterocycles. The second kappa shape index (κ2) is 9.76. The van der Waals surface area contributed by atoms with E-state index in [2.05, 4.69) is 52.6 Å². The summed E-state index contributed by atoms with van der Waals surface area (Å²) in [6, 6.07) is 6.42. The van der Waals surface area contributed by atoms with Crippen LogP contribution in [0.15, 0.2) is 30.5 Å². The lowest BCUT2D eigenvalue weighted by Gasteiger charge is -2.32. The third-order valence-corrected chi connectivity index (χ3v) is 6.28. The fourth-order valence-electron chi connectivity index (χ4n) is 4.06. The van der Waals surface area contributed by atoms with Crippen molar-refractivity contribution in [2.45, 2.75) is 18.5 Å². The van der Waals surface area contributed by atoms with Gasteiger partial charge in [-0.3, -0.25) is 9.59 Å². The molecule has 2 aliphatic rings. The Morgan fingerprint density at radius 2 is 2.12 bits per heavy atom. The number of aromatic nitrogens is 2. The third-order valence-electron chi connectivity index (χ3n) is 5.44. The minimum absolute atomic E-state index is 0.0307. The Labute approximate surface area is 203 Å². The summed E-state index contributed by atoms with van der Waals surface area (Å²) in [6.45, 7) is -0.0531. The van der Waals surface area contributed by atoms with Gasteiger partial charge >= 0.3 is 6.18 Å². The summed E-state index contributed by atoms with van der Waals surface area (Å²) in [6.07, 6.45) is -2.22. The fourth-order valence-corrected chi connectivity index (χ4v) is 4.55. The molecule has 2 N–H and O–H groups in total. The van der Waals surface area contributed by atoms with Gasteiger partial charge in [0.25, 0.3) is 5.91 Å². The molecule has 33 heavy (non-hydrogen) atoms. The smallest absolute Gasteiger partial charge is 0.370 e. The number of alkyl halides is 3. The van der Waals surface area contributed by atoms with Crippen molar-refractivity contribution in [3.63, 3.8) is 0 Å². The molecule has 4 rings (SSSR count). The number of fused-ring (bicyclic) bond motifs is 4. The van der Waals surface area contributed by atoms with Crippen LogP contribution in [0.3, 0.4) is 0 Å². The topological polar surface area (TPSA) is 87.2 Å². The van der Waals surface area contributed by atoms with Crippen LogP contribution in [0.1, 0.15) is 34.1 Å². The van der Waals surface area contributed by atoms with E-state index in [4.69, 9.17) is 0 Å². The number of rotatable bonds is 4. The highest BCUT2D eigenvalue weighted by Crippen LogP contribution is 2.43. The van der Waals surface area contributed by atoms with Crippen molar-refractivity contribution >= 4 is 53.5 Å². The van der Waals surface area contributed by atoms with E-state index in [0.29, 0.717) is 29.3 Å². The molecular formula is C21H17F3IN5O2S. The quantitative estimate of drug-likeness (QED) is 0.419. The molecule has 2 aromatic rings. The van der Waals surface area contributed by atoms with Crippen molar-refractivity contribution in [1.29, 1.82) is 0 Å². The molecule has 2 bridgehead atoms. The maximum atomic E-state index is 13.3. The van der Waals surface area contributed by atoms with Gasteiger partial charge in [0.05, 0.1) is 17.3 Å². The van der Waals surface area contributed by atoms with Crippen LogP contribution in [0.5, 0.6) is 0 Å². The number of halogens is 4. The van der Waals surface area contributed by atoms with Gasteiger partial charge in [0.2, 0.25) is 5.91 Å². The van der Waals surface area contributed by atoms with Crippen molar-refractivity contribution in [1.82, 2.24) is 15.3 Å². The Kier molecular flexibility index (Phi) is 6.99. The molecular weight excluding hydrogens is 570 g/mol. The van der Waals surface area contributed by atoms with Gasteiger partial charge in [-0.1, -0.05) is 5.92 Å². The summed E-state index contributed by atoms with van der Waals surface area (Å²) < 4.78 is 37.4. The highest BCUT2D eigenvalue weighted by Gasteiger charge is 2.43. The number of amides is 2. The molecule has 7 nitrogen and oxygen atoms in total. The molecule has 1 saturated heterocycles. The van der Waals surface area contributed by atoms with Crippen molar-refractivity contribution in [2.24, 2.45) is 5.92 Å². The molecule has 172 valence electrons. The average Bonchev–Trinajstić information content (AvgIpc) is 3.19. The zero-order chi connectivity index (χ0) is 23.6. The summed E-state index contributed by atoms with van der Waals surface area (Å²) in [5.74, 6) is 1.32. The van der Waals surface area contributed by atoms with E-state index in [9.17, 15) is 22.8 Å². The Morgan fingerprint density at radius 3 is 2.88 bits per heavy atom. The first-order chi connectivity index (χ1) is 15.7. The number of carbonyl (C=O) groups excluding carboxylic acids is 2. The molecule has 1 unspecified atom stereocenters. The molecule has 1 fully saturated rings. The van der Waals surface area contributed by atoms with Crippen LogP contribution < -0.4 is 15.5 Å². The summed E-state index contributed by atoms with van der Waals surface area (Å²) in [4.78, 5) is 36.1. The van der Waals surface area contributed by atoms with E-state index in [1.165, 1.54) is 15.0 Å². The standard InChI is InChI=1S/C21H17F3IN5O2S/c22-21(23,24)11-27-19(31)14-1-2-15-18(28-14)17(13-4-7-30(15)10-13)20(32)29-16-9-12(3-6-26-16)5-8-33-25/h1-3,6,9,13,17H,4,7,10-11H2,(H,27,31)(H,26,29,32)/t13-,17?/m0/s1. The zero-order valence-electron chi connectivity index (χ0n) is 16.9. The Morgan fingerprint density at radius 1 is 1.30 bits per heavy atom. The number of pyridine rings is 2. The lowest BCUT2D eigenvalue weighted by atomic mass is 9.85. The van der Waals surface area contributed by atoms with Crippen LogP contribution in [0.2, 0.25) is 0 Å². The predicted octanol–water partition coefficient (Wildman–Crippen LogP) is 3.72. The number of hydrogen-bond donors (Lipinski definition) is 2. The molecule has 2 amide bonds. The van der Waals surface area contributed by atoms with Crippen LogP contribution in [0.4, 0.5) is 24.7 Å². The first kappa shape index (κ1) is 23.6. The summed E-state index contributed by atoms with van der Waals surface area (Å²) in [5.41, 5.74) is 1.63. The van der Waals surface area contributed by atoms with Gasteiger partial charge < -0.3 is 15.5 Å². The second-order valence-corrected chi connectivity index (χ2v) is 9.27. The van der Waals surface area contributed by atoms with E-state index in [1.54, 1.807) is 24.4 Å². The monoisotopic (exact) mass is 587 g/mol. The molecule has 4 heterocycles. The van der Waals surface area contributed by atoms with Crippen LogP contribution >= 0.6 is 30.1 Å². The first-order valence-corrected chi connectivity index (χ1v) is 13.3. The van der Waals surface area contributed by atoms with E-state index in [1.807, 2.05) is 5.32 Å². The molecule has 2 atom stereocenters. The first-order valence-electron chi connectivity index (χ1n) is 9.91. The summed E-state index contributed by atoms with van der Waals surface area (Å²) in [5, 5.41) is 7.51. The van der Waals surface area contributed by atoms with E-state index in [-0.39, 0.29) is 17.5 Å². The normalized spacial score (nSPS) is 18.7.